The average molecular weight is 395 g/mol. The zero-order chi connectivity index (χ0) is 18.1. The number of hydrogen-bond acceptors (Lipinski definition) is 5. The van der Waals surface area contributed by atoms with Gasteiger partial charge >= 0.3 is 6.18 Å². The van der Waals surface area contributed by atoms with E-state index in [1.807, 2.05) is 0 Å². The molecule has 0 heterocycles. The fraction of sp³-hybridized carbons (Fsp3) is 0.455. The van der Waals surface area contributed by atoms with Gasteiger partial charge in [-0.15, -0.1) is 0 Å². The maximum atomic E-state index is 12.8. The van der Waals surface area contributed by atoms with Crippen molar-refractivity contribution in [1.82, 2.24) is 0 Å². The Hall–Kier alpha value is -1.04. The van der Waals surface area contributed by atoms with Crippen molar-refractivity contribution in [3.63, 3.8) is 0 Å². The smallest absolute Gasteiger partial charge is 0.398 e. The maximum Gasteiger partial charge on any atom is 0.418 e. The zero-order valence-electron chi connectivity index (χ0n) is 11.6. The highest BCUT2D eigenvalue weighted by molar-refractivity contribution is 7.91. The van der Waals surface area contributed by atoms with Crippen LogP contribution in [0.2, 0.25) is 5.02 Å². The highest BCUT2D eigenvalue weighted by Crippen LogP contribution is 2.38. The van der Waals surface area contributed by atoms with Gasteiger partial charge < -0.3 is 5.73 Å². The van der Waals surface area contributed by atoms with Gasteiger partial charge in [-0.3, -0.25) is 0 Å². The third-order valence-electron chi connectivity index (χ3n) is 2.84. The molecule has 0 fully saturated rings. The fourth-order valence-corrected chi connectivity index (χ4v) is 4.35. The predicted octanol–water partition coefficient (Wildman–Crippen LogP) is 1.78. The largest absolute Gasteiger partial charge is 0.418 e. The molecule has 23 heavy (non-hydrogen) atoms. The van der Waals surface area contributed by atoms with Crippen molar-refractivity contribution < 1.29 is 30.0 Å². The van der Waals surface area contributed by atoms with Crippen molar-refractivity contribution in [1.29, 1.82) is 0 Å². The minimum Gasteiger partial charge on any atom is -0.398 e. The van der Waals surface area contributed by atoms with Crippen molar-refractivity contribution in [2.75, 3.05) is 17.2 Å². The molecular weight excluding hydrogens is 381 g/mol. The van der Waals surface area contributed by atoms with E-state index >= 15 is 0 Å². The van der Waals surface area contributed by atoms with E-state index in [1.54, 1.807) is 0 Å². The minimum absolute atomic E-state index is 0.0449. The fourth-order valence-electron chi connectivity index (χ4n) is 1.76. The first-order valence-corrected chi connectivity index (χ1v) is 9.88. The molecule has 0 bridgehead atoms. The standard InChI is InChI=1S/C11H14ClF3N2O4S2/c12-8-6-9(16)7(11(13,14)15)5-10(8)22(18,19)3-1-2-4-23(17,20)21/h5-6H,1-4,16H2,(H2,17,20,21). The molecule has 12 heteroatoms. The Labute approximate surface area is 136 Å². The molecule has 1 aromatic carbocycles. The lowest BCUT2D eigenvalue weighted by Gasteiger charge is -2.13. The summed E-state index contributed by atoms with van der Waals surface area (Å²) in [4.78, 5) is -0.698. The molecule has 0 aliphatic carbocycles. The number of benzene rings is 1. The third-order valence-corrected chi connectivity index (χ3v) is 5.95. The van der Waals surface area contributed by atoms with Crippen LogP contribution in [0.15, 0.2) is 17.0 Å². The van der Waals surface area contributed by atoms with E-state index in [-0.39, 0.29) is 12.8 Å². The van der Waals surface area contributed by atoms with Crippen molar-refractivity contribution in [2.45, 2.75) is 23.9 Å². The molecule has 0 saturated heterocycles. The van der Waals surface area contributed by atoms with Crippen LogP contribution in [0.4, 0.5) is 18.9 Å². The van der Waals surface area contributed by atoms with E-state index in [4.69, 9.17) is 22.5 Å². The molecule has 0 aromatic heterocycles. The number of primary sulfonamides is 1. The Morgan fingerprint density at radius 1 is 1.04 bits per heavy atom. The van der Waals surface area contributed by atoms with Crippen LogP contribution in [0.25, 0.3) is 0 Å². The van der Waals surface area contributed by atoms with E-state index in [9.17, 15) is 30.0 Å². The maximum absolute atomic E-state index is 12.8. The molecular formula is C11H14ClF3N2O4S2. The average Bonchev–Trinajstić information content (AvgIpc) is 2.31. The van der Waals surface area contributed by atoms with E-state index in [0.717, 1.165) is 6.07 Å². The number of halogens is 4. The molecule has 1 aromatic rings. The van der Waals surface area contributed by atoms with Crippen LogP contribution in [0.3, 0.4) is 0 Å². The van der Waals surface area contributed by atoms with E-state index in [0.29, 0.717) is 6.07 Å². The SMILES string of the molecule is Nc1cc(Cl)c(S(=O)(=O)CCCCS(N)(=O)=O)cc1C(F)(F)F. The Balaban J connectivity index is 3.05. The quantitative estimate of drug-likeness (QED) is 0.562. The van der Waals surface area contributed by atoms with Crippen molar-refractivity contribution in [3.05, 3.63) is 22.7 Å². The molecule has 0 aliphatic rings. The summed E-state index contributed by atoms with van der Waals surface area (Å²) in [5.74, 6) is -0.991. The van der Waals surface area contributed by atoms with Gasteiger partial charge in [-0.25, -0.2) is 22.0 Å². The number of anilines is 1. The number of alkyl halides is 3. The number of unbranched alkanes of at least 4 members (excludes halogenated alkanes) is 1. The van der Waals surface area contributed by atoms with Crippen LogP contribution in [0.5, 0.6) is 0 Å². The zero-order valence-corrected chi connectivity index (χ0v) is 14.0. The molecule has 4 N–H and O–H groups in total. The second-order valence-electron chi connectivity index (χ2n) is 4.76. The van der Waals surface area contributed by atoms with Gasteiger partial charge in [-0.2, -0.15) is 13.2 Å². The van der Waals surface area contributed by atoms with Crippen molar-refractivity contribution in [2.24, 2.45) is 5.14 Å². The summed E-state index contributed by atoms with van der Waals surface area (Å²) in [6, 6.07) is 1.11. The second-order valence-corrected chi connectivity index (χ2v) is 8.98. The molecule has 0 amide bonds. The van der Waals surface area contributed by atoms with Crippen LogP contribution in [0, 0.1) is 0 Å². The highest BCUT2D eigenvalue weighted by Gasteiger charge is 2.35. The van der Waals surface area contributed by atoms with Crippen LogP contribution in [0.1, 0.15) is 18.4 Å². The first-order chi connectivity index (χ1) is 10.2. The van der Waals surface area contributed by atoms with Crippen LogP contribution in [-0.2, 0) is 26.0 Å². The third kappa shape index (κ3) is 5.83. The summed E-state index contributed by atoms with van der Waals surface area (Å²) in [5, 5.41) is 4.34. The summed E-state index contributed by atoms with van der Waals surface area (Å²) < 4.78 is 84.0. The van der Waals surface area contributed by atoms with E-state index < -0.39 is 58.7 Å². The molecule has 132 valence electrons. The van der Waals surface area contributed by atoms with Gasteiger partial charge in [-0.1, -0.05) is 11.6 Å². The lowest BCUT2D eigenvalue weighted by Crippen LogP contribution is -2.18. The molecule has 0 saturated carbocycles. The summed E-state index contributed by atoms with van der Waals surface area (Å²) in [6.45, 7) is 0. The van der Waals surface area contributed by atoms with Gasteiger partial charge in [0.05, 0.1) is 27.0 Å². The van der Waals surface area contributed by atoms with Crippen molar-refractivity contribution >= 4 is 37.1 Å². The van der Waals surface area contributed by atoms with Gasteiger partial charge in [0.1, 0.15) is 0 Å². The molecule has 0 radical (unpaired) electrons. The van der Waals surface area contributed by atoms with Gasteiger partial charge in [-0.05, 0) is 25.0 Å². The van der Waals surface area contributed by atoms with Gasteiger partial charge in [0.25, 0.3) is 0 Å². The number of sulfone groups is 1. The molecule has 0 atom stereocenters. The van der Waals surface area contributed by atoms with Gasteiger partial charge in [0.2, 0.25) is 10.0 Å². The first kappa shape index (κ1) is 20.0. The molecule has 6 nitrogen and oxygen atoms in total. The van der Waals surface area contributed by atoms with Gasteiger partial charge in [0.15, 0.2) is 9.84 Å². The number of rotatable bonds is 6. The topological polar surface area (TPSA) is 120 Å². The van der Waals surface area contributed by atoms with E-state index in [2.05, 4.69) is 0 Å². The summed E-state index contributed by atoms with van der Waals surface area (Å²) >= 11 is 5.68. The Kier molecular flexibility index (Phi) is 5.94. The Bertz CT molecular complexity index is 792. The van der Waals surface area contributed by atoms with Crippen LogP contribution >= 0.6 is 11.6 Å². The summed E-state index contributed by atoms with van der Waals surface area (Å²) in [5.41, 5.74) is 3.22. The van der Waals surface area contributed by atoms with Crippen LogP contribution < -0.4 is 10.9 Å². The summed E-state index contributed by atoms with van der Waals surface area (Å²) in [6.07, 6.45) is -4.97. The van der Waals surface area contributed by atoms with Crippen molar-refractivity contribution in [3.8, 4) is 0 Å². The number of nitrogens with two attached hydrogens (primary N) is 2. The summed E-state index contributed by atoms with van der Waals surface area (Å²) in [7, 11) is -7.86. The van der Waals surface area contributed by atoms with Crippen LogP contribution in [-0.4, -0.2) is 28.3 Å². The monoisotopic (exact) mass is 394 g/mol. The Morgan fingerprint density at radius 3 is 2.04 bits per heavy atom. The number of sulfonamides is 1. The predicted molar refractivity (Wildman–Crippen MR) is 80.1 cm³/mol. The molecule has 0 spiro atoms. The highest BCUT2D eigenvalue weighted by atomic mass is 35.5. The van der Waals surface area contributed by atoms with Gasteiger partial charge in [0, 0.05) is 5.69 Å². The first-order valence-electron chi connectivity index (χ1n) is 6.13. The minimum atomic E-state index is -4.83. The molecule has 1 rings (SSSR count). The lowest BCUT2D eigenvalue weighted by molar-refractivity contribution is -0.137. The number of nitrogen functional groups attached to an aromatic ring is 1. The molecule has 0 unspecified atom stereocenters. The Morgan fingerprint density at radius 2 is 1.57 bits per heavy atom. The van der Waals surface area contributed by atoms with E-state index in [1.165, 1.54) is 0 Å². The second kappa shape index (κ2) is 6.83. The molecule has 0 aliphatic heterocycles. The lowest BCUT2D eigenvalue weighted by atomic mass is 10.2. The number of hydrogen-bond donors (Lipinski definition) is 2. The normalized spacial score (nSPS) is 13.3.